The normalized spacial score (nSPS) is 13.5. The van der Waals surface area contributed by atoms with Crippen LogP contribution in [0.3, 0.4) is 0 Å². The Morgan fingerprint density at radius 1 is 1.17 bits per heavy atom. The highest BCUT2D eigenvalue weighted by Gasteiger charge is 2.36. The van der Waals surface area contributed by atoms with E-state index in [0.29, 0.717) is 0 Å². The predicted octanol–water partition coefficient (Wildman–Crippen LogP) is 4.87. The fraction of sp³-hybridized carbons (Fsp3) is 0.667. The first-order valence-corrected chi connectivity index (χ1v) is 9.05. The minimum atomic E-state index is -0.573. The summed E-state index contributed by atoms with van der Waals surface area (Å²) in [7, 11) is 3.45. The largest absolute Gasteiger partial charge is 0.468 e. The Bertz CT molecular complexity index is 496. The van der Waals surface area contributed by atoms with Crippen LogP contribution in [0.25, 0.3) is 0 Å². The molecule has 138 valence electrons. The van der Waals surface area contributed by atoms with Crippen molar-refractivity contribution in [3.05, 3.63) is 35.4 Å². The molecule has 0 heterocycles. The fourth-order valence-corrected chi connectivity index (χ4v) is 3.07. The maximum absolute atomic E-state index is 12.4. The third kappa shape index (κ3) is 6.64. The number of carbonyl (C=O) groups is 1. The van der Waals surface area contributed by atoms with Crippen LogP contribution in [0.15, 0.2) is 24.3 Å². The molecule has 0 aliphatic carbocycles. The lowest BCUT2D eigenvalue weighted by Crippen LogP contribution is -2.34. The number of esters is 1. The Kier molecular flexibility index (Phi) is 9.91. The molecular weight excluding hydrogens is 298 g/mol. The molecule has 1 atom stereocenters. The van der Waals surface area contributed by atoms with E-state index in [1.54, 1.807) is 0 Å². The van der Waals surface area contributed by atoms with Gasteiger partial charge < -0.3 is 10.1 Å². The summed E-state index contributed by atoms with van der Waals surface area (Å²) < 4.78 is 5.09. The van der Waals surface area contributed by atoms with Crippen LogP contribution >= 0.6 is 0 Å². The molecule has 1 rings (SSSR count). The highest BCUT2D eigenvalue weighted by Crippen LogP contribution is 2.34. The van der Waals surface area contributed by atoms with Crippen molar-refractivity contribution in [2.75, 3.05) is 20.7 Å². The van der Waals surface area contributed by atoms with Crippen LogP contribution in [0, 0.1) is 12.3 Å². The van der Waals surface area contributed by atoms with Gasteiger partial charge >= 0.3 is 5.97 Å². The maximum atomic E-state index is 12.4. The molecule has 0 aromatic heterocycles. The van der Waals surface area contributed by atoms with Crippen LogP contribution in [0.5, 0.6) is 0 Å². The van der Waals surface area contributed by atoms with Crippen molar-refractivity contribution in [1.82, 2.24) is 5.32 Å². The van der Waals surface area contributed by atoms with Gasteiger partial charge in [-0.15, -0.1) is 0 Å². The fourth-order valence-electron chi connectivity index (χ4n) is 3.07. The van der Waals surface area contributed by atoms with E-state index in [0.717, 1.165) is 31.4 Å². The SMILES string of the molecule is CC.CNCC(C)(C)CCCC(C)(C(=O)OC)c1cccc(C)c1. The second-order valence-corrected chi connectivity index (χ2v) is 7.24. The summed E-state index contributed by atoms with van der Waals surface area (Å²) in [5.74, 6) is -0.149. The molecule has 0 fully saturated rings. The molecule has 1 unspecified atom stereocenters. The van der Waals surface area contributed by atoms with Crippen LogP contribution < -0.4 is 5.32 Å². The van der Waals surface area contributed by atoms with Crippen molar-refractivity contribution in [1.29, 1.82) is 0 Å². The van der Waals surface area contributed by atoms with Crippen molar-refractivity contribution < 1.29 is 9.53 Å². The molecule has 1 N–H and O–H groups in total. The highest BCUT2D eigenvalue weighted by atomic mass is 16.5. The number of carbonyl (C=O) groups excluding carboxylic acids is 1. The zero-order valence-electron chi connectivity index (χ0n) is 17.0. The molecule has 0 saturated carbocycles. The molecule has 24 heavy (non-hydrogen) atoms. The van der Waals surface area contributed by atoms with Crippen molar-refractivity contribution >= 4 is 5.97 Å². The van der Waals surface area contributed by atoms with E-state index < -0.39 is 5.41 Å². The lowest BCUT2D eigenvalue weighted by atomic mass is 9.75. The molecule has 0 spiro atoms. The van der Waals surface area contributed by atoms with E-state index in [4.69, 9.17) is 4.74 Å². The number of rotatable bonds is 8. The van der Waals surface area contributed by atoms with Crippen molar-refractivity contribution in [2.24, 2.45) is 5.41 Å². The molecule has 0 saturated heterocycles. The topological polar surface area (TPSA) is 38.3 Å². The van der Waals surface area contributed by atoms with E-state index in [1.807, 2.05) is 40.0 Å². The van der Waals surface area contributed by atoms with Gasteiger partial charge in [-0.1, -0.05) is 63.9 Å². The lowest BCUT2D eigenvalue weighted by Gasteiger charge is -2.30. The number of hydrogen-bond acceptors (Lipinski definition) is 3. The van der Waals surface area contributed by atoms with Gasteiger partial charge in [0.25, 0.3) is 0 Å². The first-order chi connectivity index (χ1) is 11.2. The van der Waals surface area contributed by atoms with Crippen LogP contribution in [0.1, 0.15) is 65.0 Å². The minimum Gasteiger partial charge on any atom is -0.468 e. The summed E-state index contributed by atoms with van der Waals surface area (Å²) in [5, 5.41) is 3.24. The third-order valence-corrected chi connectivity index (χ3v) is 4.48. The average Bonchev–Trinajstić information content (AvgIpc) is 2.55. The number of aryl methyl sites for hydroxylation is 1. The maximum Gasteiger partial charge on any atom is 0.315 e. The van der Waals surface area contributed by atoms with Gasteiger partial charge in [-0.25, -0.2) is 0 Å². The number of benzene rings is 1. The number of nitrogens with one attached hydrogen (secondary N) is 1. The van der Waals surface area contributed by atoms with Crippen LogP contribution in [-0.4, -0.2) is 26.7 Å². The monoisotopic (exact) mass is 335 g/mol. The second-order valence-electron chi connectivity index (χ2n) is 7.24. The Morgan fingerprint density at radius 3 is 2.29 bits per heavy atom. The van der Waals surface area contributed by atoms with Gasteiger partial charge in [-0.3, -0.25) is 4.79 Å². The zero-order chi connectivity index (χ0) is 18.8. The summed E-state index contributed by atoms with van der Waals surface area (Å²) in [5.41, 5.74) is 1.88. The van der Waals surface area contributed by atoms with Crippen LogP contribution in [0.2, 0.25) is 0 Å². The average molecular weight is 336 g/mol. The van der Waals surface area contributed by atoms with Gasteiger partial charge in [0.2, 0.25) is 0 Å². The second kappa shape index (κ2) is 10.5. The smallest absolute Gasteiger partial charge is 0.315 e. The van der Waals surface area contributed by atoms with Crippen LogP contribution in [-0.2, 0) is 14.9 Å². The Hall–Kier alpha value is -1.35. The number of ether oxygens (including phenoxy) is 1. The summed E-state index contributed by atoms with van der Waals surface area (Å²) in [4.78, 5) is 12.4. The van der Waals surface area contributed by atoms with Crippen molar-refractivity contribution in [3.63, 3.8) is 0 Å². The lowest BCUT2D eigenvalue weighted by molar-refractivity contribution is -0.147. The van der Waals surface area contributed by atoms with E-state index in [2.05, 4.69) is 38.2 Å². The Balaban J connectivity index is 0.00000254. The molecule has 0 aliphatic heterocycles. The van der Waals surface area contributed by atoms with Crippen LogP contribution in [0.4, 0.5) is 0 Å². The predicted molar refractivity (Wildman–Crippen MR) is 103 cm³/mol. The van der Waals surface area contributed by atoms with Gasteiger partial charge in [0.1, 0.15) is 0 Å². The van der Waals surface area contributed by atoms with Gasteiger partial charge in [0.05, 0.1) is 12.5 Å². The van der Waals surface area contributed by atoms with Gasteiger partial charge in [-0.05, 0) is 51.3 Å². The molecule has 0 bridgehead atoms. The first-order valence-electron chi connectivity index (χ1n) is 9.05. The highest BCUT2D eigenvalue weighted by molar-refractivity contribution is 5.82. The van der Waals surface area contributed by atoms with Crippen molar-refractivity contribution in [3.8, 4) is 0 Å². The molecule has 3 heteroatoms. The third-order valence-electron chi connectivity index (χ3n) is 4.48. The number of methoxy groups -OCH3 is 1. The standard InChI is InChI=1S/C19H31NO2.C2H6/c1-15-9-7-10-16(13-15)19(4,17(21)22-6)12-8-11-18(2,3)14-20-5;1-2/h7,9-10,13,20H,8,11-12,14H2,1-6H3;1-2H3. The molecule has 3 nitrogen and oxygen atoms in total. The first kappa shape index (κ1) is 22.6. The van der Waals surface area contributed by atoms with Gasteiger partial charge in [0.15, 0.2) is 0 Å². The minimum absolute atomic E-state index is 0.149. The zero-order valence-corrected chi connectivity index (χ0v) is 17.0. The number of hydrogen-bond donors (Lipinski definition) is 1. The summed E-state index contributed by atoms with van der Waals surface area (Å²) in [6, 6.07) is 8.19. The van der Waals surface area contributed by atoms with E-state index in [9.17, 15) is 4.79 Å². The molecular formula is C21H37NO2. The summed E-state index contributed by atoms with van der Waals surface area (Å²) >= 11 is 0. The Labute approximate surface area is 149 Å². The summed E-state index contributed by atoms with van der Waals surface area (Å²) in [6.07, 6.45) is 2.87. The Morgan fingerprint density at radius 2 is 1.79 bits per heavy atom. The van der Waals surface area contributed by atoms with Gasteiger partial charge in [0, 0.05) is 0 Å². The molecule has 0 radical (unpaired) electrons. The quantitative estimate of drug-likeness (QED) is 0.689. The van der Waals surface area contributed by atoms with E-state index in [1.165, 1.54) is 12.7 Å². The molecule has 0 amide bonds. The molecule has 1 aromatic rings. The molecule has 1 aromatic carbocycles. The van der Waals surface area contributed by atoms with E-state index in [-0.39, 0.29) is 11.4 Å². The summed E-state index contributed by atoms with van der Waals surface area (Å²) in [6.45, 7) is 13.5. The van der Waals surface area contributed by atoms with Crippen molar-refractivity contribution in [2.45, 2.75) is 66.2 Å². The molecule has 0 aliphatic rings. The van der Waals surface area contributed by atoms with E-state index >= 15 is 0 Å². The van der Waals surface area contributed by atoms with Gasteiger partial charge in [-0.2, -0.15) is 0 Å².